The van der Waals surface area contributed by atoms with E-state index in [2.05, 4.69) is 17.6 Å². The number of amides is 1. The van der Waals surface area contributed by atoms with Crippen LogP contribution in [0.1, 0.15) is 13.3 Å². The molecule has 0 heterocycles. The van der Waals surface area contributed by atoms with E-state index in [4.69, 9.17) is 4.74 Å². The minimum absolute atomic E-state index is 0.00508. The van der Waals surface area contributed by atoms with Gasteiger partial charge in [-0.25, -0.2) is 0 Å². The second-order valence-corrected chi connectivity index (χ2v) is 2.46. The standard InChI is InChI=1S/C8H18N2O2/c1-3-5-12-6-4-10-7-8(11)9-2/h10H,3-7H2,1-2H3,(H,9,11). The molecule has 72 valence electrons. The fourth-order valence-corrected chi connectivity index (χ4v) is 0.681. The first-order valence-corrected chi connectivity index (χ1v) is 4.30. The van der Waals surface area contributed by atoms with Crippen molar-refractivity contribution in [1.29, 1.82) is 0 Å². The third kappa shape index (κ3) is 7.50. The maximum atomic E-state index is 10.7. The molecule has 1 amide bonds. The van der Waals surface area contributed by atoms with Gasteiger partial charge in [0.1, 0.15) is 0 Å². The molecule has 0 aromatic heterocycles. The van der Waals surface area contributed by atoms with E-state index in [0.29, 0.717) is 13.2 Å². The Morgan fingerprint density at radius 1 is 1.42 bits per heavy atom. The molecule has 0 radical (unpaired) electrons. The Hall–Kier alpha value is -0.610. The Morgan fingerprint density at radius 3 is 2.75 bits per heavy atom. The molecule has 0 aromatic rings. The largest absolute Gasteiger partial charge is 0.380 e. The lowest BCUT2D eigenvalue weighted by Gasteiger charge is -2.03. The van der Waals surface area contributed by atoms with E-state index in [1.165, 1.54) is 0 Å². The van der Waals surface area contributed by atoms with Crippen molar-refractivity contribution >= 4 is 5.91 Å². The lowest BCUT2D eigenvalue weighted by Crippen LogP contribution is -2.33. The minimum Gasteiger partial charge on any atom is -0.380 e. The number of ether oxygens (including phenoxy) is 1. The van der Waals surface area contributed by atoms with Gasteiger partial charge in [-0.2, -0.15) is 0 Å². The second kappa shape index (κ2) is 8.49. The monoisotopic (exact) mass is 174 g/mol. The van der Waals surface area contributed by atoms with Gasteiger partial charge in [0.25, 0.3) is 0 Å². The summed E-state index contributed by atoms with van der Waals surface area (Å²) in [5.74, 6) is 0.00508. The van der Waals surface area contributed by atoms with Crippen LogP contribution in [-0.2, 0) is 9.53 Å². The maximum Gasteiger partial charge on any atom is 0.233 e. The molecule has 0 saturated heterocycles. The fourth-order valence-electron chi connectivity index (χ4n) is 0.681. The summed E-state index contributed by atoms with van der Waals surface area (Å²) in [6, 6.07) is 0. The number of nitrogens with one attached hydrogen (secondary N) is 2. The smallest absolute Gasteiger partial charge is 0.233 e. The lowest BCUT2D eigenvalue weighted by atomic mass is 10.5. The van der Waals surface area contributed by atoms with Gasteiger partial charge in [-0.15, -0.1) is 0 Å². The van der Waals surface area contributed by atoms with E-state index in [0.717, 1.165) is 19.6 Å². The number of carbonyl (C=O) groups is 1. The van der Waals surface area contributed by atoms with Crippen LogP contribution in [0.25, 0.3) is 0 Å². The number of carbonyl (C=O) groups excluding carboxylic acids is 1. The summed E-state index contributed by atoms with van der Waals surface area (Å²) in [6.45, 7) is 4.63. The second-order valence-electron chi connectivity index (χ2n) is 2.46. The normalized spacial score (nSPS) is 9.83. The van der Waals surface area contributed by atoms with Crippen LogP contribution in [-0.4, -0.2) is 39.3 Å². The van der Waals surface area contributed by atoms with Crippen molar-refractivity contribution < 1.29 is 9.53 Å². The third-order valence-corrected chi connectivity index (χ3v) is 1.34. The fraction of sp³-hybridized carbons (Fsp3) is 0.875. The summed E-state index contributed by atoms with van der Waals surface area (Å²) in [4.78, 5) is 10.7. The average molecular weight is 174 g/mol. The van der Waals surface area contributed by atoms with Crippen molar-refractivity contribution in [3.63, 3.8) is 0 Å². The zero-order valence-corrected chi connectivity index (χ0v) is 7.85. The highest BCUT2D eigenvalue weighted by atomic mass is 16.5. The molecule has 0 rings (SSSR count). The molecule has 2 N–H and O–H groups in total. The van der Waals surface area contributed by atoms with Crippen LogP contribution in [0.15, 0.2) is 0 Å². The molecule has 4 heteroatoms. The van der Waals surface area contributed by atoms with Gasteiger partial charge in [-0.05, 0) is 6.42 Å². The zero-order chi connectivity index (χ0) is 9.23. The van der Waals surface area contributed by atoms with Crippen molar-refractivity contribution in [2.45, 2.75) is 13.3 Å². The first-order chi connectivity index (χ1) is 5.81. The molecule has 12 heavy (non-hydrogen) atoms. The molecular formula is C8H18N2O2. The van der Waals surface area contributed by atoms with Crippen LogP contribution in [0.4, 0.5) is 0 Å². The first-order valence-electron chi connectivity index (χ1n) is 4.30. The Morgan fingerprint density at radius 2 is 2.17 bits per heavy atom. The first kappa shape index (κ1) is 11.4. The Labute approximate surface area is 73.7 Å². The van der Waals surface area contributed by atoms with Gasteiger partial charge in [-0.3, -0.25) is 4.79 Å². The lowest BCUT2D eigenvalue weighted by molar-refractivity contribution is -0.119. The van der Waals surface area contributed by atoms with Gasteiger partial charge in [0, 0.05) is 20.2 Å². The number of rotatable bonds is 7. The Balaban J connectivity index is 2.95. The summed E-state index contributed by atoms with van der Waals surface area (Å²) in [5.41, 5.74) is 0. The summed E-state index contributed by atoms with van der Waals surface area (Å²) in [5, 5.41) is 5.48. The molecule has 0 aromatic carbocycles. The maximum absolute atomic E-state index is 10.7. The summed E-state index contributed by atoms with van der Waals surface area (Å²) >= 11 is 0. The predicted octanol–water partition coefficient (Wildman–Crippen LogP) is -0.251. The minimum atomic E-state index is 0.00508. The van der Waals surface area contributed by atoms with Crippen molar-refractivity contribution in [2.75, 3.05) is 33.4 Å². The van der Waals surface area contributed by atoms with E-state index in [1.807, 2.05) is 0 Å². The van der Waals surface area contributed by atoms with E-state index in [9.17, 15) is 4.79 Å². The van der Waals surface area contributed by atoms with Crippen molar-refractivity contribution in [1.82, 2.24) is 10.6 Å². The van der Waals surface area contributed by atoms with E-state index >= 15 is 0 Å². The Kier molecular flexibility index (Phi) is 8.05. The van der Waals surface area contributed by atoms with Crippen molar-refractivity contribution in [2.24, 2.45) is 0 Å². The van der Waals surface area contributed by atoms with Crippen LogP contribution in [0, 0.1) is 0 Å². The van der Waals surface area contributed by atoms with Gasteiger partial charge in [-0.1, -0.05) is 6.92 Å². The SMILES string of the molecule is CCCOCCNCC(=O)NC. The van der Waals surface area contributed by atoms with Gasteiger partial charge < -0.3 is 15.4 Å². The molecule has 0 bridgehead atoms. The number of hydrogen-bond acceptors (Lipinski definition) is 3. The summed E-state index contributed by atoms with van der Waals surface area (Å²) in [7, 11) is 1.62. The van der Waals surface area contributed by atoms with Crippen molar-refractivity contribution in [3.05, 3.63) is 0 Å². The average Bonchev–Trinajstić information content (AvgIpc) is 2.10. The molecule has 0 saturated carbocycles. The molecule has 0 spiro atoms. The highest BCUT2D eigenvalue weighted by Gasteiger charge is 1.94. The highest BCUT2D eigenvalue weighted by Crippen LogP contribution is 1.77. The number of likely N-dealkylation sites (N-methyl/N-ethyl adjacent to an activating group) is 1. The molecule has 0 unspecified atom stereocenters. The molecule has 0 atom stereocenters. The van der Waals surface area contributed by atoms with E-state index < -0.39 is 0 Å². The molecule has 0 aliphatic carbocycles. The van der Waals surface area contributed by atoms with Crippen LogP contribution in [0.3, 0.4) is 0 Å². The molecule has 0 aliphatic heterocycles. The van der Waals surface area contributed by atoms with Gasteiger partial charge in [0.05, 0.1) is 13.2 Å². The van der Waals surface area contributed by atoms with Crippen LogP contribution in [0.2, 0.25) is 0 Å². The predicted molar refractivity (Wildman–Crippen MR) is 48.0 cm³/mol. The van der Waals surface area contributed by atoms with Gasteiger partial charge >= 0.3 is 0 Å². The molecule has 0 fully saturated rings. The highest BCUT2D eigenvalue weighted by molar-refractivity contribution is 5.77. The van der Waals surface area contributed by atoms with Gasteiger partial charge in [0.15, 0.2) is 0 Å². The van der Waals surface area contributed by atoms with Gasteiger partial charge in [0.2, 0.25) is 5.91 Å². The molecule has 4 nitrogen and oxygen atoms in total. The Bertz CT molecular complexity index is 118. The zero-order valence-electron chi connectivity index (χ0n) is 7.85. The third-order valence-electron chi connectivity index (χ3n) is 1.34. The quantitative estimate of drug-likeness (QED) is 0.523. The number of hydrogen-bond donors (Lipinski definition) is 2. The van der Waals surface area contributed by atoms with Crippen molar-refractivity contribution in [3.8, 4) is 0 Å². The van der Waals surface area contributed by atoms with E-state index in [1.54, 1.807) is 7.05 Å². The summed E-state index contributed by atoms with van der Waals surface area (Å²) < 4.78 is 5.20. The van der Waals surface area contributed by atoms with Crippen LogP contribution >= 0.6 is 0 Å². The van der Waals surface area contributed by atoms with E-state index in [-0.39, 0.29) is 5.91 Å². The van der Waals surface area contributed by atoms with Crippen LogP contribution in [0.5, 0.6) is 0 Å². The molecular weight excluding hydrogens is 156 g/mol. The molecule has 0 aliphatic rings. The topological polar surface area (TPSA) is 50.4 Å². The van der Waals surface area contributed by atoms with Crippen LogP contribution < -0.4 is 10.6 Å². The summed E-state index contributed by atoms with van der Waals surface area (Å²) in [6.07, 6.45) is 1.04.